The summed E-state index contributed by atoms with van der Waals surface area (Å²) in [5.74, 6) is 0.392. The predicted octanol–water partition coefficient (Wildman–Crippen LogP) is 2.68. The number of aromatic hydroxyl groups is 1. The molecule has 116 valence electrons. The Labute approximate surface area is 129 Å². The number of piperidine rings is 1. The molecule has 0 atom stereocenters. The van der Waals surface area contributed by atoms with E-state index in [1.54, 1.807) is 12.1 Å². The number of hydrogen-bond acceptors (Lipinski definition) is 3. The molecular formula is C17H20N2O3. The summed E-state index contributed by atoms with van der Waals surface area (Å²) in [6.07, 6.45) is 5.99. The van der Waals surface area contributed by atoms with Gasteiger partial charge in [0.25, 0.3) is 5.91 Å². The first-order valence-corrected chi connectivity index (χ1v) is 7.48. The van der Waals surface area contributed by atoms with Crippen molar-refractivity contribution >= 4 is 5.91 Å². The van der Waals surface area contributed by atoms with Crippen molar-refractivity contribution in [1.29, 1.82) is 0 Å². The molecule has 22 heavy (non-hydrogen) atoms. The highest BCUT2D eigenvalue weighted by Gasteiger charge is 2.25. The van der Waals surface area contributed by atoms with Gasteiger partial charge in [0, 0.05) is 37.6 Å². The molecule has 0 aliphatic carbocycles. The van der Waals surface area contributed by atoms with Crippen molar-refractivity contribution in [3.63, 3.8) is 0 Å². The van der Waals surface area contributed by atoms with Crippen LogP contribution in [0.2, 0.25) is 0 Å². The number of amides is 1. The van der Waals surface area contributed by atoms with Crippen LogP contribution in [0, 0.1) is 0 Å². The molecule has 2 heterocycles. The Morgan fingerprint density at radius 1 is 1.23 bits per heavy atom. The maximum absolute atomic E-state index is 12.5. The third kappa shape index (κ3) is 2.79. The number of rotatable bonds is 3. The van der Waals surface area contributed by atoms with E-state index >= 15 is 0 Å². The maximum Gasteiger partial charge on any atom is 0.257 e. The molecule has 0 spiro atoms. The molecule has 0 saturated carbocycles. The van der Waals surface area contributed by atoms with Gasteiger partial charge < -0.3 is 19.3 Å². The second-order valence-corrected chi connectivity index (χ2v) is 5.54. The number of benzene rings is 1. The zero-order valence-corrected chi connectivity index (χ0v) is 12.6. The summed E-state index contributed by atoms with van der Waals surface area (Å²) in [6, 6.07) is 9.27. The van der Waals surface area contributed by atoms with Gasteiger partial charge in [-0.15, -0.1) is 0 Å². The minimum Gasteiger partial charge on any atom is -0.507 e. The van der Waals surface area contributed by atoms with Crippen molar-refractivity contribution in [2.24, 2.45) is 0 Å². The van der Waals surface area contributed by atoms with Crippen LogP contribution in [0.5, 0.6) is 11.5 Å². The molecule has 3 rings (SSSR count). The van der Waals surface area contributed by atoms with Crippen molar-refractivity contribution in [1.82, 2.24) is 9.47 Å². The summed E-state index contributed by atoms with van der Waals surface area (Å²) in [6.45, 7) is 1.40. The van der Waals surface area contributed by atoms with E-state index in [1.165, 1.54) is 13.2 Å². The molecule has 1 amide bonds. The molecule has 1 aliphatic heterocycles. The topological polar surface area (TPSA) is 54.7 Å². The number of phenols is 1. The SMILES string of the molecule is COc1ccc(C(=O)N2CCC(n3cccc3)CC2)c(O)c1. The smallest absolute Gasteiger partial charge is 0.257 e. The zero-order chi connectivity index (χ0) is 15.5. The van der Waals surface area contributed by atoms with Gasteiger partial charge in [-0.1, -0.05) is 0 Å². The fourth-order valence-electron chi connectivity index (χ4n) is 2.95. The number of methoxy groups -OCH3 is 1. The number of carbonyl (C=O) groups excluding carboxylic acids is 1. The highest BCUT2D eigenvalue weighted by Crippen LogP contribution is 2.28. The summed E-state index contributed by atoms with van der Waals surface area (Å²) < 4.78 is 7.24. The molecule has 1 aromatic heterocycles. The van der Waals surface area contributed by atoms with Crippen LogP contribution in [0.15, 0.2) is 42.7 Å². The fourth-order valence-corrected chi connectivity index (χ4v) is 2.95. The van der Waals surface area contributed by atoms with Gasteiger partial charge >= 0.3 is 0 Å². The van der Waals surface area contributed by atoms with Gasteiger partial charge in [0.2, 0.25) is 0 Å². The fraction of sp³-hybridized carbons (Fsp3) is 0.353. The third-order valence-electron chi connectivity index (χ3n) is 4.24. The van der Waals surface area contributed by atoms with Crippen LogP contribution in [0.25, 0.3) is 0 Å². The molecule has 1 N–H and O–H groups in total. The summed E-state index contributed by atoms with van der Waals surface area (Å²) >= 11 is 0. The highest BCUT2D eigenvalue weighted by molar-refractivity contribution is 5.97. The van der Waals surface area contributed by atoms with E-state index < -0.39 is 0 Å². The first-order valence-electron chi connectivity index (χ1n) is 7.48. The molecule has 2 aromatic rings. The van der Waals surface area contributed by atoms with Crippen molar-refractivity contribution in [3.05, 3.63) is 48.3 Å². The summed E-state index contributed by atoms with van der Waals surface area (Å²) in [7, 11) is 1.53. The predicted molar refractivity (Wildman–Crippen MR) is 83.3 cm³/mol. The molecule has 5 nitrogen and oxygen atoms in total. The second-order valence-electron chi connectivity index (χ2n) is 5.54. The average molecular weight is 300 g/mol. The summed E-state index contributed by atoms with van der Waals surface area (Å²) in [5, 5.41) is 9.99. The van der Waals surface area contributed by atoms with Crippen LogP contribution >= 0.6 is 0 Å². The van der Waals surface area contributed by atoms with E-state index in [0.717, 1.165) is 12.8 Å². The highest BCUT2D eigenvalue weighted by atomic mass is 16.5. The third-order valence-corrected chi connectivity index (χ3v) is 4.24. The molecule has 0 radical (unpaired) electrons. The number of hydrogen-bond donors (Lipinski definition) is 1. The van der Waals surface area contributed by atoms with Crippen molar-refractivity contribution in [2.75, 3.05) is 20.2 Å². The lowest BCUT2D eigenvalue weighted by Gasteiger charge is -2.33. The van der Waals surface area contributed by atoms with Crippen LogP contribution < -0.4 is 4.74 Å². The van der Waals surface area contributed by atoms with E-state index in [2.05, 4.69) is 17.0 Å². The van der Waals surface area contributed by atoms with Crippen LogP contribution in [-0.2, 0) is 0 Å². The van der Waals surface area contributed by atoms with Crippen molar-refractivity contribution in [2.45, 2.75) is 18.9 Å². The van der Waals surface area contributed by atoms with E-state index in [9.17, 15) is 9.90 Å². The summed E-state index contributed by atoms with van der Waals surface area (Å²) in [5.41, 5.74) is 0.334. The monoisotopic (exact) mass is 300 g/mol. The molecule has 1 fully saturated rings. The first kappa shape index (κ1) is 14.5. The van der Waals surface area contributed by atoms with Gasteiger partial charge in [-0.2, -0.15) is 0 Å². The molecule has 1 aliphatic rings. The van der Waals surface area contributed by atoms with Gasteiger partial charge in [0.05, 0.1) is 12.7 Å². The Bertz CT molecular complexity index is 644. The van der Waals surface area contributed by atoms with Crippen LogP contribution in [0.4, 0.5) is 0 Å². The van der Waals surface area contributed by atoms with Gasteiger partial charge in [0.15, 0.2) is 0 Å². The van der Waals surface area contributed by atoms with Gasteiger partial charge in [-0.3, -0.25) is 4.79 Å². The number of phenolic OH excluding ortho intramolecular Hbond substituents is 1. The molecule has 5 heteroatoms. The largest absolute Gasteiger partial charge is 0.507 e. The van der Waals surface area contributed by atoms with Gasteiger partial charge in [-0.05, 0) is 37.1 Å². The van der Waals surface area contributed by atoms with Crippen LogP contribution in [-0.4, -0.2) is 40.7 Å². The quantitative estimate of drug-likeness (QED) is 0.948. The number of carbonyl (C=O) groups is 1. The second kappa shape index (κ2) is 6.13. The lowest BCUT2D eigenvalue weighted by Crippen LogP contribution is -2.38. The van der Waals surface area contributed by atoms with E-state index in [0.29, 0.717) is 30.4 Å². The maximum atomic E-state index is 12.5. The Morgan fingerprint density at radius 3 is 2.50 bits per heavy atom. The molecule has 1 saturated heterocycles. The number of ether oxygens (including phenoxy) is 1. The molecule has 0 bridgehead atoms. The molecule has 1 aromatic carbocycles. The summed E-state index contributed by atoms with van der Waals surface area (Å²) in [4.78, 5) is 14.3. The number of aromatic nitrogens is 1. The van der Waals surface area contributed by atoms with Gasteiger partial charge in [0.1, 0.15) is 11.5 Å². The number of likely N-dealkylation sites (tertiary alicyclic amines) is 1. The Kier molecular flexibility index (Phi) is 4.04. The van der Waals surface area contributed by atoms with Crippen LogP contribution in [0.1, 0.15) is 29.2 Å². The Morgan fingerprint density at radius 2 is 1.91 bits per heavy atom. The van der Waals surface area contributed by atoms with Crippen molar-refractivity contribution in [3.8, 4) is 11.5 Å². The van der Waals surface area contributed by atoms with E-state index in [-0.39, 0.29) is 11.7 Å². The lowest BCUT2D eigenvalue weighted by atomic mass is 10.0. The van der Waals surface area contributed by atoms with E-state index in [4.69, 9.17) is 4.74 Å². The lowest BCUT2D eigenvalue weighted by molar-refractivity contribution is 0.0691. The first-order chi connectivity index (χ1) is 10.7. The Hall–Kier alpha value is -2.43. The average Bonchev–Trinajstić information content (AvgIpc) is 3.08. The van der Waals surface area contributed by atoms with E-state index in [1.807, 2.05) is 17.0 Å². The Balaban J connectivity index is 1.67. The normalized spacial score (nSPS) is 15.8. The standard InChI is InChI=1S/C17H20N2O3/c1-22-14-4-5-15(16(20)12-14)17(21)19-10-6-13(7-11-19)18-8-2-3-9-18/h2-5,8-9,12-13,20H,6-7,10-11H2,1H3. The minimum absolute atomic E-state index is 0.0307. The minimum atomic E-state index is -0.119. The number of nitrogens with zero attached hydrogens (tertiary/aromatic N) is 2. The zero-order valence-electron chi connectivity index (χ0n) is 12.6. The van der Waals surface area contributed by atoms with Crippen LogP contribution in [0.3, 0.4) is 0 Å². The van der Waals surface area contributed by atoms with Gasteiger partial charge in [-0.25, -0.2) is 0 Å². The molecule has 0 unspecified atom stereocenters. The van der Waals surface area contributed by atoms with Crippen molar-refractivity contribution < 1.29 is 14.6 Å². The molecular weight excluding hydrogens is 280 g/mol.